The van der Waals surface area contributed by atoms with E-state index in [9.17, 15) is 16.8 Å². The highest BCUT2D eigenvalue weighted by molar-refractivity contribution is 9.10. The minimum absolute atomic E-state index is 0.0274. The normalized spacial score (nSPS) is 12.5. The second kappa shape index (κ2) is 10.2. The lowest BCUT2D eigenvalue weighted by molar-refractivity contribution is 0.321. The summed E-state index contributed by atoms with van der Waals surface area (Å²) in [5, 5.41) is 0.863. The number of benzene rings is 2. The minimum atomic E-state index is -3.83. The number of fused-ring (bicyclic) bond motifs is 1. The van der Waals surface area contributed by atoms with E-state index in [1.165, 1.54) is 30.5 Å². The van der Waals surface area contributed by atoms with E-state index in [1.54, 1.807) is 18.2 Å². The first-order chi connectivity index (χ1) is 15.1. The summed E-state index contributed by atoms with van der Waals surface area (Å²) >= 11 is 9.53. The van der Waals surface area contributed by atoms with E-state index >= 15 is 0 Å². The molecule has 0 spiro atoms. The van der Waals surface area contributed by atoms with Crippen molar-refractivity contribution in [1.82, 2.24) is 9.88 Å². The zero-order chi connectivity index (χ0) is 23.5. The Balaban J connectivity index is 1.96. The van der Waals surface area contributed by atoms with Gasteiger partial charge in [0.2, 0.25) is 0 Å². The quantitative estimate of drug-likeness (QED) is 0.377. The third-order valence-electron chi connectivity index (χ3n) is 5.19. The Morgan fingerprint density at radius 1 is 1.00 bits per heavy atom. The zero-order valence-electron chi connectivity index (χ0n) is 17.8. The zero-order valence-corrected chi connectivity index (χ0v) is 21.7. The number of nitrogens with zero attached hydrogens (tertiary/aromatic N) is 2. The Morgan fingerprint density at radius 2 is 1.72 bits per heavy atom. The Hall–Kier alpha value is -1.52. The van der Waals surface area contributed by atoms with E-state index in [1.807, 2.05) is 18.7 Å². The van der Waals surface area contributed by atoms with Crippen LogP contribution in [0, 0.1) is 0 Å². The van der Waals surface area contributed by atoms with Crippen LogP contribution >= 0.6 is 27.5 Å². The van der Waals surface area contributed by atoms with Crippen LogP contribution in [0.2, 0.25) is 5.02 Å². The van der Waals surface area contributed by atoms with Gasteiger partial charge in [0, 0.05) is 27.6 Å². The van der Waals surface area contributed by atoms with Gasteiger partial charge in [-0.25, -0.2) is 16.8 Å². The van der Waals surface area contributed by atoms with Gasteiger partial charge in [-0.1, -0.05) is 47.4 Å². The van der Waals surface area contributed by atoms with Crippen molar-refractivity contribution in [3.63, 3.8) is 0 Å². The first kappa shape index (κ1) is 25.1. The minimum Gasteiger partial charge on any atom is -0.303 e. The fourth-order valence-electron chi connectivity index (χ4n) is 3.45. The highest BCUT2D eigenvalue weighted by atomic mass is 79.9. The Bertz CT molecular complexity index is 1340. The fourth-order valence-corrected chi connectivity index (χ4v) is 7.30. The summed E-state index contributed by atoms with van der Waals surface area (Å²) in [6, 6.07) is 11.1. The van der Waals surface area contributed by atoms with E-state index in [4.69, 9.17) is 11.6 Å². The summed E-state index contributed by atoms with van der Waals surface area (Å²) in [4.78, 5) is 6.35. The number of halogens is 2. The molecular formula is C22H24BrClN2O4S2. The highest BCUT2D eigenvalue weighted by Crippen LogP contribution is 2.30. The molecule has 0 aliphatic heterocycles. The number of rotatable bonds is 9. The molecule has 2 aromatic carbocycles. The molecular weight excluding hydrogens is 536 g/mol. The summed E-state index contributed by atoms with van der Waals surface area (Å²) in [5.41, 5.74) is 0.674. The van der Waals surface area contributed by atoms with Crippen molar-refractivity contribution in [3.05, 3.63) is 63.7 Å². The van der Waals surface area contributed by atoms with Crippen LogP contribution < -0.4 is 0 Å². The SMILES string of the molecule is CCN(CC)CCS(=O)(=O)c1cc(Cl)cc(CS(=O)(=O)c2cc(Br)cc3cccnc23)c1. The van der Waals surface area contributed by atoms with Crippen molar-refractivity contribution >= 4 is 58.1 Å². The van der Waals surface area contributed by atoms with Crippen LogP contribution in [-0.4, -0.2) is 52.1 Å². The largest absolute Gasteiger partial charge is 0.303 e. The van der Waals surface area contributed by atoms with Crippen LogP contribution in [0.1, 0.15) is 19.4 Å². The topological polar surface area (TPSA) is 84.4 Å². The molecule has 32 heavy (non-hydrogen) atoms. The van der Waals surface area contributed by atoms with Crippen LogP contribution in [-0.2, 0) is 25.4 Å². The molecule has 0 saturated carbocycles. The number of pyridine rings is 1. The third-order valence-corrected chi connectivity index (χ3v) is 9.23. The summed E-state index contributed by atoms with van der Waals surface area (Å²) in [6.07, 6.45) is 1.54. The first-order valence-corrected chi connectivity index (χ1v) is 14.5. The van der Waals surface area contributed by atoms with Gasteiger partial charge in [-0.05, 0) is 55.1 Å². The highest BCUT2D eigenvalue weighted by Gasteiger charge is 2.23. The second-order valence-electron chi connectivity index (χ2n) is 7.38. The Kier molecular flexibility index (Phi) is 7.98. The lowest BCUT2D eigenvalue weighted by Gasteiger charge is -2.18. The van der Waals surface area contributed by atoms with Gasteiger partial charge in [0.15, 0.2) is 19.7 Å². The van der Waals surface area contributed by atoms with Crippen molar-refractivity contribution in [3.8, 4) is 0 Å². The second-order valence-corrected chi connectivity index (χ2v) is 12.8. The molecule has 0 N–H and O–H groups in total. The van der Waals surface area contributed by atoms with Crippen molar-refractivity contribution in [2.75, 3.05) is 25.4 Å². The van der Waals surface area contributed by atoms with Crippen molar-refractivity contribution < 1.29 is 16.8 Å². The first-order valence-electron chi connectivity index (χ1n) is 10.1. The van der Waals surface area contributed by atoms with Crippen LogP contribution in [0.4, 0.5) is 0 Å². The van der Waals surface area contributed by atoms with E-state index in [0.29, 0.717) is 27.5 Å². The third kappa shape index (κ3) is 5.88. The van der Waals surface area contributed by atoms with Gasteiger partial charge in [-0.15, -0.1) is 0 Å². The van der Waals surface area contributed by atoms with E-state index in [0.717, 1.165) is 13.1 Å². The maximum Gasteiger partial charge on any atom is 0.184 e. The monoisotopic (exact) mass is 558 g/mol. The molecule has 1 heterocycles. The van der Waals surface area contributed by atoms with Gasteiger partial charge in [0.25, 0.3) is 0 Å². The average Bonchev–Trinajstić information content (AvgIpc) is 2.73. The molecule has 172 valence electrons. The molecule has 0 bridgehead atoms. The van der Waals surface area contributed by atoms with Crippen LogP contribution in [0.15, 0.2) is 62.9 Å². The van der Waals surface area contributed by atoms with Gasteiger partial charge in [0.1, 0.15) is 0 Å². The van der Waals surface area contributed by atoms with Gasteiger partial charge >= 0.3 is 0 Å². The van der Waals surface area contributed by atoms with Gasteiger partial charge in [-0.3, -0.25) is 4.98 Å². The van der Waals surface area contributed by atoms with Crippen LogP contribution in [0.5, 0.6) is 0 Å². The Labute approximate surface area is 202 Å². The number of hydrogen-bond acceptors (Lipinski definition) is 6. The number of hydrogen-bond donors (Lipinski definition) is 0. The molecule has 3 aromatic rings. The van der Waals surface area contributed by atoms with Gasteiger partial charge < -0.3 is 4.90 Å². The van der Waals surface area contributed by atoms with Crippen LogP contribution in [0.25, 0.3) is 10.9 Å². The predicted molar refractivity (Wildman–Crippen MR) is 132 cm³/mol. The smallest absolute Gasteiger partial charge is 0.184 e. The van der Waals surface area contributed by atoms with E-state index < -0.39 is 25.4 Å². The van der Waals surface area contributed by atoms with E-state index in [2.05, 4.69) is 20.9 Å². The maximum atomic E-state index is 13.3. The van der Waals surface area contributed by atoms with Gasteiger partial charge in [-0.2, -0.15) is 0 Å². The van der Waals surface area contributed by atoms with Gasteiger partial charge in [0.05, 0.1) is 26.8 Å². The molecule has 0 unspecified atom stereocenters. The maximum absolute atomic E-state index is 13.3. The standard InChI is InChI=1S/C22H24BrClN2O4S2/c1-3-26(4-2)8-9-31(27,28)20-11-16(10-19(24)14-20)15-32(29,30)21-13-18(23)12-17-6-5-7-25-22(17)21/h5-7,10-14H,3-4,8-9,15H2,1-2H3. The van der Waals surface area contributed by atoms with E-state index in [-0.39, 0.29) is 20.6 Å². The summed E-state index contributed by atoms with van der Waals surface area (Å²) in [6.45, 7) is 5.84. The summed E-state index contributed by atoms with van der Waals surface area (Å²) in [7, 11) is -7.45. The lowest BCUT2D eigenvalue weighted by Crippen LogP contribution is -2.29. The molecule has 0 aliphatic carbocycles. The number of sulfone groups is 2. The molecule has 0 aliphatic rings. The molecule has 1 aromatic heterocycles. The molecule has 10 heteroatoms. The molecule has 0 atom stereocenters. The average molecular weight is 560 g/mol. The van der Waals surface area contributed by atoms with Crippen LogP contribution in [0.3, 0.4) is 0 Å². The summed E-state index contributed by atoms with van der Waals surface area (Å²) in [5.74, 6) is -0.463. The molecule has 0 fully saturated rings. The fraction of sp³-hybridized carbons (Fsp3) is 0.318. The Morgan fingerprint density at radius 3 is 2.41 bits per heavy atom. The predicted octanol–water partition coefficient (Wildman–Crippen LogP) is 4.74. The molecule has 0 amide bonds. The van der Waals surface area contributed by atoms with Crippen molar-refractivity contribution in [2.24, 2.45) is 0 Å². The van der Waals surface area contributed by atoms with Crippen molar-refractivity contribution in [1.29, 1.82) is 0 Å². The molecule has 0 saturated heterocycles. The molecule has 3 rings (SSSR count). The number of aromatic nitrogens is 1. The lowest BCUT2D eigenvalue weighted by atomic mass is 10.2. The molecule has 6 nitrogen and oxygen atoms in total. The summed E-state index contributed by atoms with van der Waals surface area (Å²) < 4.78 is 52.9. The van der Waals surface area contributed by atoms with Crippen molar-refractivity contribution in [2.45, 2.75) is 29.4 Å². The molecule has 0 radical (unpaired) electrons.